The quantitative estimate of drug-likeness (QED) is 0.818. The molecule has 1 fully saturated rings. The van der Waals surface area contributed by atoms with Gasteiger partial charge in [0.25, 0.3) is 5.91 Å². The number of nitrogens with zero attached hydrogens (tertiary/aromatic N) is 1. The van der Waals surface area contributed by atoms with Crippen LogP contribution in [-0.4, -0.2) is 30.1 Å². The maximum Gasteiger partial charge on any atom is 0.339 e. The summed E-state index contributed by atoms with van der Waals surface area (Å²) in [5.74, 6) is -1.55. The molecule has 0 radical (unpaired) electrons. The number of ether oxygens (including phenoxy) is 1. The number of rotatable bonds is 4. The van der Waals surface area contributed by atoms with E-state index in [0.717, 1.165) is 37.7 Å². The highest BCUT2D eigenvalue weighted by molar-refractivity contribution is 6.14. The highest BCUT2D eigenvalue weighted by atomic mass is 16.5. The van der Waals surface area contributed by atoms with Crippen LogP contribution in [0.25, 0.3) is 0 Å². The first-order valence-corrected chi connectivity index (χ1v) is 8.72. The van der Waals surface area contributed by atoms with Gasteiger partial charge in [0.05, 0.1) is 13.2 Å². The van der Waals surface area contributed by atoms with Crippen LogP contribution < -0.4 is 10.6 Å². The number of methoxy groups -OCH3 is 1. The van der Waals surface area contributed by atoms with Crippen LogP contribution >= 0.6 is 0 Å². The molecule has 1 aliphatic heterocycles. The van der Waals surface area contributed by atoms with Gasteiger partial charge >= 0.3 is 5.97 Å². The Hall–Kier alpha value is -2.34. The van der Waals surface area contributed by atoms with Crippen molar-refractivity contribution in [3.63, 3.8) is 0 Å². The third-order valence-corrected chi connectivity index (χ3v) is 5.20. The van der Waals surface area contributed by atoms with Gasteiger partial charge in [0.15, 0.2) is 5.76 Å². The first kappa shape index (κ1) is 17.5. The molecular weight excluding hydrogens is 320 g/mol. The number of benzene rings is 1. The first-order chi connectivity index (χ1) is 12.1. The van der Waals surface area contributed by atoms with Crippen molar-refractivity contribution in [1.82, 2.24) is 0 Å². The molecular formula is C19H24N2O4. The number of amides is 1. The largest absolute Gasteiger partial charge is 0.503 e. The highest BCUT2D eigenvalue weighted by Crippen LogP contribution is 2.40. The Balaban J connectivity index is 2.02. The van der Waals surface area contributed by atoms with Crippen molar-refractivity contribution in [2.24, 2.45) is 11.7 Å². The van der Waals surface area contributed by atoms with Crippen LogP contribution in [0, 0.1) is 5.92 Å². The van der Waals surface area contributed by atoms with E-state index in [9.17, 15) is 14.7 Å². The lowest BCUT2D eigenvalue weighted by Gasteiger charge is -2.35. The topological polar surface area (TPSA) is 92.9 Å². The average molecular weight is 344 g/mol. The van der Waals surface area contributed by atoms with Crippen molar-refractivity contribution in [1.29, 1.82) is 0 Å². The van der Waals surface area contributed by atoms with E-state index in [-0.39, 0.29) is 11.5 Å². The van der Waals surface area contributed by atoms with E-state index >= 15 is 0 Å². The highest BCUT2D eigenvalue weighted by Gasteiger charge is 2.47. The van der Waals surface area contributed by atoms with Crippen molar-refractivity contribution < 1.29 is 19.4 Å². The Kier molecular flexibility index (Phi) is 5.08. The van der Waals surface area contributed by atoms with Gasteiger partial charge in [0, 0.05) is 12.2 Å². The first-order valence-electron chi connectivity index (χ1n) is 8.72. The third-order valence-electron chi connectivity index (χ3n) is 5.20. The minimum absolute atomic E-state index is 0.0855. The molecule has 0 bridgehead atoms. The summed E-state index contributed by atoms with van der Waals surface area (Å²) in [5, 5.41) is 10.4. The molecule has 0 saturated heterocycles. The number of esters is 1. The smallest absolute Gasteiger partial charge is 0.339 e. The molecule has 134 valence electrons. The summed E-state index contributed by atoms with van der Waals surface area (Å²) in [5.41, 5.74) is 7.33. The van der Waals surface area contributed by atoms with Crippen LogP contribution in [0.3, 0.4) is 0 Å². The van der Waals surface area contributed by atoms with Crippen molar-refractivity contribution in [3.05, 3.63) is 41.2 Å². The molecule has 1 unspecified atom stereocenters. The lowest BCUT2D eigenvalue weighted by molar-refractivity contribution is -0.136. The maximum atomic E-state index is 12.7. The summed E-state index contributed by atoms with van der Waals surface area (Å²) in [6.07, 6.45) is 5.12. The van der Waals surface area contributed by atoms with Gasteiger partial charge in [-0.3, -0.25) is 9.69 Å². The summed E-state index contributed by atoms with van der Waals surface area (Å²) in [4.78, 5) is 26.5. The fraction of sp³-hybridized carbons (Fsp3) is 0.474. The minimum atomic E-state index is -0.637. The van der Waals surface area contributed by atoms with Crippen LogP contribution in [0.15, 0.2) is 35.6 Å². The maximum absolute atomic E-state index is 12.7. The lowest BCUT2D eigenvalue weighted by Crippen LogP contribution is -2.43. The normalized spacial score (nSPS) is 21.8. The van der Waals surface area contributed by atoms with E-state index in [4.69, 9.17) is 10.5 Å². The number of hydrogen-bond acceptors (Lipinski definition) is 5. The summed E-state index contributed by atoms with van der Waals surface area (Å²) in [6.45, 7) is 0.414. The summed E-state index contributed by atoms with van der Waals surface area (Å²) in [6, 6.07) is 6.85. The molecule has 1 atom stereocenters. The molecule has 1 aliphatic carbocycles. The molecule has 6 heteroatoms. The van der Waals surface area contributed by atoms with Crippen molar-refractivity contribution in [3.8, 4) is 0 Å². The molecule has 3 rings (SSSR count). The van der Waals surface area contributed by atoms with E-state index in [0.29, 0.717) is 12.2 Å². The van der Waals surface area contributed by atoms with Crippen molar-refractivity contribution in [2.45, 2.75) is 44.7 Å². The number of aliphatic hydroxyl groups excluding tert-OH is 1. The Bertz CT molecular complexity index is 690. The van der Waals surface area contributed by atoms with Gasteiger partial charge in [-0.1, -0.05) is 31.4 Å². The number of hydrogen-bond donors (Lipinski definition) is 2. The fourth-order valence-corrected chi connectivity index (χ4v) is 3.92. The summed E-state index contributed by atoms with van der Waals surface area (Å²) < 4.78 is 4.84. The zero-order chi connectivity index (χ0) is 18.0. The second-order valence-electron chi connectivity index (χ2n) is 6.64. The number of nitrogens with two attached hydrogens (primary N) is 1. The molecule has 1 heterocycles. The molecule has 0 spiro atoms. The molecule has 1 saturated carbocycles. The Labute approximate surface area is 147 Å². The monoisotopic (exact) mass is 344 g/mol. The second-order valence-corrected chi connectivity index (χ2v) is 6.64. The van der Waals surface area contributed by atoms with E-state index in [1.807, 2.05) is 24.3 Å². The van der Waals surface area contributed by atoms with Gasteiger partial charge in [-0.2, -0.15) is 0 Å². The molecule has 25 heavy (non-hydrogen) atoms. The number of anilines is 1. The van der Waals surface area contributed by atoms with Crippen LogP contribution in [0.4, 0.5) is 5.69 Å². The molecule has 1 amide bonds. The molecule has 3 N–H and O–H groups in total. The average Bonchev–Trinajstić information content (AvgIpc) is 2.93. The Morgan fingerprint density at radius 3 is 2.44 bits per heavy atom. The van der Waals surface area contributed by atoms with E-state index < -0.39 is 23.7 Å². The zero-order valence-electron chi connectivity index (χ0n) is 14.4. The third kappa shape index (κ3) is 3.14. The number of aliphatic hydroxyl groups is 1. The second kappa shape index (κ2) is 7.27. The van der Waals surface area contributed by atoms with Crippen LogP contribution in [0.5, 0.6) is 0 Å². The fourth-order valence-electron chi connectivity index (χ4n) is 3.92. The number of carbonyl (C=O) groups excluding carboxylic acids is 2. The molecule has 2 aliphatic rings. The zero-order valence-corrected chi connectivity index (χ0v) is 14.4. The van der Waals surface area contributed by atoms with Gasteiger partial charge < -0.3 is 15.6 Å². The van der Waals surface area contributed by atoms with E-state index in [1.54, 1.807) is 0 Å². The molecule has 1 aromatic carbocycles. The van der Waals surface area contributed by atoms with Crippen molar-refractivity contribution in [2.75, 3.05) is 12.0 Å². The van der Waals surface area contributed by atoms with Crippen molar-refractivity contribution >= 4 is 17.6 Å². The number of carbonyl (C=O) groups is 2. The SMILES string of the molecule is COC(=O)C1=C(O)C(=O)N(c2ccc(CN)cc2)C1C1CCCCC1. The van der Waals surface area contributed by atoms with Gasteiger partial charge in [-0.05, 0) is 36.5 Å². The van der Waals surface area contributed by atoms with Crippen LogP contribution in [-0.2, 0) is 20.9 Å². The van der Waals surface area contributed by atoms with E-state index in [2.05, 4.69) is 0 Å². The summed E-state index contributed by atoms with van der Waals surface area (Å²) in [7, 11) is 1.27. The predicted molar refractivity (Wildman–Crippen MR) is 93.9 cm³/mol. The van der Waals surface area contributed by atoms with Crippen LogP contribution in [0.1, 0.15) is 37.7 Å². The minimum Gasteiger partial charge on any atom is -0.503 e. The Morgan fingerprint density at radius 1 is 1.24 bits per heavy atom. The lowest BCUT2D eigenvalue weighted by atomic mass is 9.81. The predicted octanol–water partition coefficient (Wildman–Crippen LogP) is 2.43. The van der Waals surface area contributed by atoms with Gasteiger partial charge in [-0.25, -0.2) is 4.79 Å². The Morgan fingerprint density at radius 2 is 1.88 bits per heavy atom. The molecule has 1 aromatic rings. The summed E-state index contributed by atoms with van der Waals surface area (Å²) >= 11 is 0. The standard InChI is InChI=1S/C19H24N2O4/c1-25-19(24)15-16(13-5-3-2-4-6-13)21(18(23)17(15)22)14-9-7-12(11-20)8-10-14/h7-10,13,16,22H,2-6,11,20H2,1H3. The molecule has 6 nitrogen and oxygen atoms in total. The van der Waals surface area contributed by atoms with Gasteiger partial charge in [0.1, 0.15) is 5.57 Å². The van der Waals surface area contributed by atoms with Crippen LogP contribution in [0.2, 0.25) is 0 Å². The van der Waals surface area contributed by atoms with E-state index in [1.165, 1.54) is 12.0 Å². The van der Waals surface area contributed by atoms with Gasteiger partial charge in [0.2, 0.25) is 0 Å². The van der Waals surface area contributed by atoms with Gasteiger partial charge in [-0.15, -0.1) is 0 Å². The molecule has 0 aromatic heterocycles.